The molecular weight excluding hydrogens is 231 g/mol. The van der Waals surface area contributed by atoms with Crippen molar-refractivity contribution in [1.82, 2.24) is 10.3 Å². The molecule has 0 spiro atoms. The van der Waals surface area contributed by atoms with Crippen LogP contribution < -0.4 is 5.32 Å². The minimum atomic E-state index is -0.286. The van der Waals surface area contributed by atoms with E-state index in [1.165, 1.54) is 25.1 Å². The predicted octanol–water partition coefficient (Wildman–Crippen LogP) is 2.44. The highest BCUT2D eigenvalue weighted by Gasteiger charge is 2.40. The van der Waals surface area contributed by atoms with E-state index in [0.29, 0.717) is 12.1 Å². The van der Waals surface area contributed by atoms with Gasteiger partial charge in [-0.05, 0) is 44.2 Å². The van der Waals surface area contributed by atoms with E-state index in [2.05, 4.69) is 17.2 Å². The van der Waals surface area contributed by atoms with Crippen LogP contribution in [0.3, 0.4) is 0 Å². The first-order chi connectivity index (χ1) is 8.74. The Hall–Kier alpha value is -1.00. The zero-order valence-corrected chi connectivity index (χ0v) is 10.6. The molecule has 3 nitrogen and oxygen atoms in total. The standard InChI is InChI=1S/C14H19FN2O/c1-9(12-5-4-11(15)8-16-12)17-13-6-7-18-14(13)10-2-3-10/h4-5,8-10,13-14,17H,2-3,6-7H2,1H3. The van der Waals surface area contributed by atoms with Gasteiger partial charge in [0.05, 0.1) is 18.0 Å². The lowest BCUT2D eigenvalue weighted by atomic mass is 10.0. The number of nitrogens with one attached hydrogen (secondary N) is 1. The van der Waals surface area contributed by atoms with E-state index in [1.54, 1.807) is 6.07 Å². The molecule has 2 aliphatic rings. The van der Waals surface area contributed by atoms with E-state index < -0.39 is 0 Å². The second-order valence-corrected chi connectivity index (χ2v) is 5.36. The molecule has 1 N–H and O–H groups in total. The molecule has 0 aromatic carbocycles. The minimum Gasteiger partial charge on any atom is -0.376 e. The zero-order valence-electron chi connectivity index (χ0n) is 10.6. The van der Waals surface area contributed by atoms with Crippen molar-refractivity contribution in [3.05, 3.63) is 29.8 Å². The first-order valence-corrected chi connectivity index (χ1v) is 6.73. The summed E-state index contributed by atoms with van der Waals surface area (Å²) in [7, 11) is 0. The Morgan fingerprint density at radius 2 is 2.22 bits per heavy atom. The maximum Gasteiger partial charge on any atom is 0.141 e. The van der Waals surface area contributed by atoms with Gasteiger partial charge in [0.25, 0.3) is 0 Å². The number of hydrogen-bond acceptors (Lipinski definition) is 3. The summed E-state index contributed by atoms with van der Waals surface area (Å²) in [5.41, 5.74) is 0.887. The number of nitrogens with zero attached hydrogens (tertiary/aromatic N) is 1. The summed E-state index contributed by atoms with van der Waals surface area (Å²) in [5.74, 6) is 0.462. The minimum absolute atomic E-state index is 0.138. The van der Waals surface area contributed by atoms with Gasteiger partial charge >= 0.3 is 0 Å². The maximum atomic E-state index is 12.8. The summed E-state index contributed by atoms with van der Waals surface area (Å²) in [4.78, 5) is 4.13. The molecule has 1 aromatic heterocycles. The summed E-state index contributed by atoms with van der Waals surface area (Å²) >= 11 is 0. The molecule has 1 saturated heterocycles. The van der Waals surface area contributed by atoms with Gasteiger partial charge in [0, 0.05) is 18.7 Å². The molecule has 18 heavy (non-hydrogen) atoms. The third-order valence-electron chi connectivity index (χ3n) is 3.88. The molecule has 1 aliphatic carbocycles. The van der Waals surface area contributed by atoms with E-state index in [9.17, 15) is 4.39 Å². The van der Waals surface area contributed by atoms with Crippen LogP contribution in [0.1, 0.15) is 37.9 Å². The Kier molecular flexibility index (Phi) is 3.31. The highest BCUT2D eigenvalue weighted by atomic mass is 19.1. The second kappa shape index (κ2) is 4.94. The van der Waals surface area contributed by atoms with Crippen LogP contribution in [0.25, 0.3) is 0 Å². The van der Waals surface area contributed by atoms with Gasteiger partial charge in [0.15, 0.2) is 0 Å². The SMILES string of the molecule is CC(NC1CCOC1C1CC1)c1ccc(F)cn1. The van der Waals surface area contributed by atoms with Gasteiger partial charge in [0.1, 0.15) is 5.82 Å². The van der Waals surface area contributed by atoms with Gasteiger partial charge in [-0.2, -0.15) is 0 Å². The third-order valence-corrected chi connectivity index (χ3v) is 3.88. The summed E-state index contributed by atoms with van der Waals surface area (Å²) in [6.45, 7) is 2.92. The smallest absolute Gasteiger partial charge is 0.141 e. The quantitative estimate of drug-likeness (QED) is 0.891. The topological polar surface area (TPSA) is 34.1 Å². The van der Waals surface area contributed by atoms with Crippen LogP contribution in [0, 0.1) is 11.7 Å². The van der Waals surface area contributed by atoms with Gasteiger partial charge in [-0.1, -0.05) is 0 Å². The largest absolute Gasteiger partial charge is 0.376 e. The molecule has 3 rings (SSSR count). The van der Waals surface area contributed by atoms with Crippen molar-refractivity contribution in [3.8, 4) is 0 Å². The van der Waals surface area contributed by atoms with Gasteiger partial charge in [0.2, 0.25) is 0 Å². The fourth-order valence-corrected chi connectivity index (χ4v) is 2.73. The maximum absolute atomic E-state index is 12.8. The Balaban J connectivity index is 1.62. The van der Waals surface area contributed by atoms with Crippen LogP contribution in [0.5, 0.6) is 0 Å². The van der Waals surface area contributed by atoms with Gasteiger partial charge in [-0.15, -0.1) is 0 Å². The summed E-state index contributed by atoms with van der Waals surface area (Å²) < 4.78 is 18.6. The number of pyridine rings is 1. The normalized spacial score (nSPS) is 29.4. The fourth-order valence-electron chi connectivity index (χ4n) is 2.73. The molecule has 98 valence electrons. The summed E-state index contributed by atoms with van der Waals surface area (Å²) in [5, 5.41) is 3.58. The number of aromatic nitrogens is 1. The van der Waals surface area contributed by atoms with E-state index in [4.69, 9.17) is 4.74 Å². The lowest BCUT2D eigenvalue weighted by Crippen LogP contribution is -2.39. The molecule has 0 bridgehead atoms. The van der Waals surface area contributed by atoms with Crippen molar-refractivity contribution in [2.24, 2.45) is 5.92 Å². The van der Waals surface area contributed by atoms with Crippen LogP contribution in [0.2, 0.25) is 0 Å². The monoisotopic (exact) mass is 250 g/mol. The highest BCUT2D eigenvalue weighted by molar-refractivity contribution is 5.10. The van der Waals surface area contributed by atoms with Crippen LogP contribution in [-0.4, -0.2) is 23.7 Å². The fraction of sp³-hybridized carbons (Fsp3) is 0.643. The van der Waals surface area contributed by atoms with Crippen molar-refractivity contribution in [3.63, 3.8) is 0 Å². The van der Waals surface area contributed by atoms with Crippen LogP contribution in [0.4, 0.5) is 4.39 Å². The highest BCUT2D eigenvalue weighted by Crippen LogP contribution is 2.39. The number of ether oxygens (including phenoxy) is 1. The first-order valence-electron chi connectivity index (χ1n) is 6.73. The third kappa shape index (κ3) is 2.54. The summed E-state index contributed by atoms with van der Waals surface area (Å²) in [6.07, 6.45) is 5.30. The van der Waals surface area contributed by atoms with E-state index >= 15 is 0 Å². The molecule has 2 fully saturated rings. The number of hydrogen-bond donors (Lipinski definition) is 1. The number of rotatable bonds is 4. The Labute approximate surface area is 107 Å². The molecule has 4 heteroatoms. The van der Waals surface area contributed by atoms with Crippen molar-refractivity contribution in [1.29, 1.82) is 0 Å². The Morgan fingerprint density at radius 3 is 2.89 bits per heavy atom. The molecule has 0 amide bonds. The lowest BCUT2D eigenvalue weighted by Gasteiger charge is -2.23. The average Bonchev–Trinajstić information content (AvgIpc) is 3.11. The van der Waals surface area contributed by atoms with Gasteiger partial charge < -0.3 is 10.1 Å². The second-order valence-electron chi connectivity index (χ2n) is 5.36. The zero-order chi connectivity index (χ0) is 12.5. The van der Waals surface area contributed by atoms with Crippen molar-refractivity contribution in [2.45, 2.75) is 44.4 Å². The molecule has 3 atom stereocenters. The van der Waals surface area contributed by atoms with Gasteiger partial charge in [-0.3, -0.25) is 4.98 Å². The molecule has 0 radical (unpaired) electrons. The molecule has 3 unspecified atom stereocenters. The van der Waals surface area contributed by atoms with Crippen molar-refractivity contribution in [2.75, 3.05) is 6.61 Å². The van der Waals surface area contributed by atoms with Gasteiger partial charge in [-0.25, -0.2) is 4.39 Å². The van der Waals surface area contributed by atoms with Crippen LogP contribution >= 0.6 is 0 Å². The van der Waals surface area contributed by atoms with Crippen molar-refractivity contribution < 1.29 is 9.13 Å². The lowest BCUT2D eigenvalue weighted by molar-refractivity contribution is 0.0792. The Morgan fingerprint density at radius 1 is 1.39 bits per heavy atom. The number of halogens is 1. The predicted molar refractivity (Wildman–Crippen MR) is 66.6 cm³/mol. The average molecular weight is 250 g/mol. The van der Waals surface area contributed by atoms with E-state index in [1.807, 2.05) is 0 Å². The molecule has 1 aliphatic heterocycles. The molecular formula is C14H19FN2O. The molecule has 1 aromatic rings. The van der Waals surface area contributed by atoms with Crippen LogP contribution in [0.15, 0.2) is 18.3 Å². The van der Waals surface area contributed by atoms with E-state index in [0.717, 1.165) is 24.6 Å². The Bertz CT molecular complexity index is 405. The van der Waals surface area contributed by atoms with Crippen LogP contribution in [-0.2, 0) is 4.74 Å². The molecule has 1 saturated carbocycles. The molecule has 2 heterocycles. The first kappa shape index (κ1) is 12.1. The van der Waals surface area contributed by atoms with Crippen molar-refractivity contribution >= 4 is 0 Å². The van der Waals surface area contributed by atoms with E-state index in [-0.39, 0.29) is 11.9 Å². The summed E-state index contributed by atoms with van der Waals surface area (Å²) in [6, 6.07) is 3.76.